The molecular weight excluding hydrogens is 193 g/mol. The molecule has 0 unspecified atom stereocenters. The lowest BCUT2D eigenvalue weighted by Crippen LogP contribution is -2.20. The van der Waals surface area contributed by atoms with Crippen LogP contribution < -0.4 is 10.1 Å². The third-order valence-corrected chi connectivity index (χ3v) is 2.58. The number of halogens is 1. The van der Waals surface area contributed by atoms with Gasteiger partial charge in [0.1, 0.15) is 11.6 Å². The number of benzene rings is 1. The van der Waals surface area contributed by atoms with Crippen molar-refractivity contribution in [2.75, 3.05) is 20.2 Å². The molecule has 0 spiro atoms. The van der Waals surface area contributed by atoms with Crippen LogP contribution in [0.15, 0.2) is 24.3 Å². The van der Waals surface area contributed by atoms with Crippen LogP contribution >= 0.6 is 0 Å². The predicted molar refractivity (Wildman–Crippen MR) is 58.4 cm³/mol. The summed E-state index contributed by atoms with van der Waals surface area (Å²) in [5, 5.41) is 3.20. The van der Waals surface area contributed by atoms with Crippen molar-refractivity contribution in [2.24, 2.45) is 0 Å². The van der Waals surface area contributed by atoms with E-state index in [2.05, 4.69) is 5.32 Å². The first-order chi connectivity index (χ1) is 7.33. The highest BCUT2D eigenvalue weighted by Gasteiger charge is 2.15. The molecule has 1 aromatic carbocycles. The Morgan fingerprint density at radius 3 is 2.93 bits per heavy atom. The number of nitrogens with one attached hydrogen (secondary N) is 1. The van der Waals surface area contributed by atoms with Gasteiger partial charge in [0.2, 0.25) is 0 Å². The topological polar surface area (TPSA) is 21.3 Å². The molecule has 0 fully saturated rings. The second kappa shape index (κ2) is 4.45. The largest absolute Gasteiger partial charge is 0.496 e. The molecule has 1 aromatic rings. The summed E-state index contributed by atoms with van der Waals surface area (Å²) >= 11 is 0. The van der Waals surface area contributed by atoms with E-state index in [1.165, 1.54) is 6.07 Å². The van der Waals surface area contributed by atoms with Crippen LogP contribution in [0.3, 0.4) is 0 Å². The van der Waals surface area contributed by atoms with Gasteiger partial charge in [0, 0.05) is 6.54 Å². The van der Waals surface area contributed by atoms with Gasteiger partial charge in [-0.25, -0.2) is 4.39 Å². The molecule has 1 aliphatic rings. The number of hydrogen-bond donors (Lipinski definition) is 1. The zero-order chi connectivity index (χ0) is 10.7. The highest BCUT2D eigenvalue weighted by molar-refractivity contribution is 5.71. The maximum atomic E-state index is 13.7. The van der Waals surface area contributed by atoms with E-state index in [9.17, 15) is 4.39 Å². The van der Waals surface area contributed by atoms with Gasteiger partial charge in [-0.05, 0) is 30.7 Å². The van der Waals surface area contributed by atoms with E-state index < -0.39 is 0 Å². The van der Waals surface area contributed by atoms with Crippen molar-refractivity contribution in [3.8, 4) is 5.75 Å². The molecular formula is C12H14FNO. The minimum atomic E-state index is -0.206. The van der Waals surface area contributed by atoms with Crippen LogP contribution in [0.2, 0.25) is 0 Å². The van der Waals surface area contributed by atoms with E-state index in [1.807, 2.05) is 6.08 Å². The van der Waals surface area contributed by atoms with Gasteiger partial charge in [0.25, 0.3) is 0 Å². The molecule has 0 bridgehead atoms. The second-order valence-corrected chi connectivity index (χ2v) is 3.50. The first-order valence-electron chi connectivity index (χ1n) is 5.05. The van der Waals surface area contributed by atoms with Gasteiger partial charge < -0.3 is 10.1 Å². The van der Waals surface area contributed by atoms with Crippen LogP contribution in [0.4, 0.5) is 4.39 Å². The van der Waals surface area contributed by atoms with E-state index >= 15 is 0 Å². The maximum Gasteiger partial charge on any atom is 0.134 e. The number of hydrogen-bond acceptors (Lipinski definition) is 2. The van der Waals surface area contributed by atoms with Crippen molar-refractivity contribution in [2.45, 2.75) is 6.42 Å². The summed E-state index contributed by atoms with van der Waals surface area (Å²) < 4.78 is 18.9. The SMILES string of the molecule is COc1cccc(F)c1C1=CCNCC1. The van der Waals surface area contributed by atoms with Crippen LogP contribution in [-0.4, -0.2) is 20.2 Å². The lowest BCUT2D eigenvalue weighted by Gasteiger charge is -2.17. The van der Waals surface area contributed by atoms with Crippen LogP contribution in [0.5, 0.6) is 5.75 Å². The van der Waals surface area contributed by atoms with Gasteiger partial charge in [-0.1, -0.05) is 12.1 Å². The van der Waals surface area contributed by atoms with E-state index in [0.717, 1.165) is 25.1 Å². The summed E-state index contributed by atoms with van der Waals surface area (Å²) in [6, 6.07) is 4.93. The molecule has 2 rings (SSSR count). The van der Waals surface area contributed by atoms with Gasteiger partial charge in [0.05, 0.1) is 12.7 Å². The zero-order valence-electron chi connectivity index (χ0n) is 8.72. The molecule has 80 valence electrons. The van der Waals surface area contributed by atoms with Crippen molar-refractivity contribution in [1.82, 2.24) is 5.32 Å². The monoisotopic (exact) mass is 207 g/mol. The average Bonchev–Trinajstić information content (AvgIpc) is 2.29. The molecule has 0 saturated heterocycles. The lowest BCUT2D eigenvalue weighted by molar-refractivity contribution is 0.409. The minimum absolute atomic E-state index is 0.206. The van der Waals surface area contributed by atoms with Crippen molar-refractivity contribution in [1.29, 1.82) is 0 Å². The first-order valence-corrected chi connectivity index (χ1v) is 5.05. The van der Waals surface area contributed by atoms with Crippen molar-refractivity contribution >= 4 is 5.57 Å². The van der Waals surface area contributed by atoms with Gasteiger partial charge in [-0.3, -0.25) is 0 Å². The molecule has 0 amide bonds. The van der Waals surface area contributed by atoms with Gasteiger partial charge >= 0.3 is 0 Å². The zero-order valence-corrected chi connectivity index (χ0v) is 8.72. The lowest BCUT2D eigenvalue weighted by atomic mass is 9.99. The molecule has 1 aliphatic heterocycles. The van der Waals surface area contributed by atoms with Gasteiger partial charge in [0.15, 0.2) is 0 Å². The molecule has 0 aliphatic carbocycles. The van der Waals surface area contributed by atoms with Crippen molar-refractivity contribution in [3.63, 3.8) is 0 Å². The molecule has 1 N–H and O–H groups in total. The molecule has 2 nitrogen and oxygen atoms in total. The summed E-state index contributed by atoms with van der Waals surface area (Å²) in [7, 11) is 1.57. The Balaban J connectivity index is 2.45. The Hall–Kier alpha value is -1.35. The highest BCUT2D eigenvalue weighted by atomic mass is 19.1. The Morgan fingerprint density at radius 1 is 1.40 bits per heavy atom. The van der Waals surface area contributed by atoms with E-state index in [1.54, 1.807) is 19.2 Å². The molecule has 0 aromatic heterocycles. The van der Waals surface area contributed by atoms with E-state index in [4.69, 9.17) is 4.74 Å². The normalized spacial score (nSPS) is 16.0. The number of methoxy groups -OCH3 is 1. The third-order valence-electron chi connectivity index (χ3n) is 2.58. The summed E-state index contributed by atoms with van der Waals surface area (Å²) in [6.45, 7) is 1.69. The maximum absolute atomic E-state index is 13.7. The Kier molecular flexibility index (Phi) is 3.02. The van der Waals surface area contributed by atoms with E-state index in [-0.39, 0.29) is 5.82 Å². The van der Waals surface area contributed by atoms with Gasteiger partial charge in [-0.2, -0.15) is 0 Å². The molecule has 0 atom stereocenters. The molecule has 3 heteroatoms. The Morgan fingerprint density at radius 2 is 2.27 bits per heavy atom. The highest BCUT2D eigenvalue weighted by Crippen LogP contribution is 2.31. The standard InChI is InChI=1S/C12H14FNO/c1-15-11-4-2-3-10(13)12(11)9-5-7-14-8-6-9/h2-5,14H,6-8H2,1H3. The third kappa shape index (κ3) is 2.02. The molecule has 0 radical (unpaired) electrons. The van der Waals surface area contributed by atoms with Crippen LogP contribution in [0, 0.1) is 5.82 Å². The van der Waals surface area contributed by atoms with Crippen molar-refractivity contribution < 1.29 is 9.13 Å². The Bertz CT molecular complexity index is 387. The molecule has 15 heavy (non-hydrogen) atoms. The number of ether oxygens (including phenoxy) is 1. The van der Waals surface area contributed by atoms with E-state index in [0.29, 0.717) is 11.3 Å². The summed E-state index contributed by atoms with van der Waals surface area (Å²) in [5.74, 6) is 0.408. The van der Waals surface area contributed by atoms with Gasteiger partial charge in [-0.15, -0.1) is 0 Å². The molecule has 0 saturated carbocycles. The predicted octanol–water partition coefficient (Wildman–Crippen LogP) is 2.21. The summed E-state index contributed by atoms with van der Waals surface area (Å²) in [4.78, 5) is 0. The fourth-order valence-electron chi connectivity index (χ4n) is 1.84. The smallest absolute Gasteiger partial charge is 0.134 e. The fraction of sp³-hybridized carbons (Fsp3) is 0.333. The summed E-state index contributed by atoms with van der Waals surface area (Å²) in [6.07, 6.45) is 2.86. The molecule has 1 heterocycles. The second-order valence-electron chi connectivity index (χ2n) is 3.50. The van der Waals surface area contributed by atoms with Crippen LogP contribution in [0.1, 0.15) is 12.0 Å². The first kappa shape index (κ1) is 10.2. The average molecular weight is 207 g/mol. The minimum Gasteiger partial charge on any atom is -0.496 e. The van der Waals surface area contributed by atoms with Crippen molar-refractivity contribution in [3.05, 3.63) is 35.7 Å². The Labute approximate surface area is 88.8 Å². The number of rotatable bonds is 2. The quantitative estimate of drug-likeness (QED) is 0.802. The van der Waals surface area contributed by atoms with Crippen LogP contribution in [-0.2, 0) is 0 Å². The van der Waals surface area contributed by atoms with Crippen LogP contribution in [0.25, 0.3) is 5.57 Å². The fourth-order valence-corrected chi connectivity index (χ4v) is 1.84. The summed E-state index contributed by atoms with van der Waals surface area (Å²) in [5.41, 5.74) is 1.64.